The van der Waals surface area contributed by atoms with E-state index in [-0.39, 0.29) is 6.04 Å². The highest BCUT2D eigenvalue weighted by Gasteiger charge is 2.27. The molecule has 1 amide bonds. The van der Waals surface area contributed by atoms with Gasteiger partial charge in [-0.15, -0.1) is 0 Å². The fourth-order valence-electron chi connectivity index (χ4n) is 2.94. The number of carboxylic acids is 1. The molecule has 0 saturated heterocycles. The summed E-state index contributed by atoms with van der Waals surface area (Å²) >= 11 is 0. The predicted molar refractivity (Wildman–Crippen MR) is 100 cm³/mol. The summed E-state index contributed by atoms with van der Waals surface area (Å²) in [5.41, 5.74) is 1.85. The van der Waals surface area contributed by atoms with Crippen molar-refractivity contribution in [2.45, 2.75) is 38.6 Å². The summed E-state index contributed by atoms with van der Waals surface area (Å²) in [4.78, 5) is 36.6. The van der Waals surface area contributed by atoms with Crippen LogP contribution in [0.15, 0.2) is 60.7 Å². The number of aliphatic carboxylic acids is 1. The number of carbonyl (C=O) groups excluding carboxylic acids is 2. The number of anilines is 1. The van der Waals surface area contributed by atoms with Crippen molar-refractivity contribution in [3.8, 4) is 0 Å². The number of carbonyl (C=O) groups is 3. The van der Waals surface area contributed by atoms with E-state index in [1.54, 1.807) is 17.0 Å². The van der Waals surface area contributed by atoms with Crippen LogP contribution in [0, 0.1) is 0 Å². The number of ketones is 1. The van der Waals surface area contributed by atoms with Gasteiger partial charge >= 0.3 is 5.97 Å². The number of carboxylic acid groups (broad SMARTS) is 1. The van der Waals surface area contributed by atoms with E-state index in [4.69, 9.17) is 5.11 Å². The number of benzene rings is 2. The van der Waals surface area contributed by atoms with E-state index in [0.717, 1.165) is 12.8 Å². The molecule has 26 heavy (non-hydrogen) atoms. The average Bonchev–Trinajstić information content (AvgIpc) is 2.66. The summed E-state index contributed by atoms with van der Waals surface area (Å²) in [6.45, 7) is 1.98. The number of amides is 1. The smallest absolute Gasteiger partial charge is 0.372 e. The predicted octanol–water partition coefficient (Wildman–Crippen LogP) is 3.47. The molecule has 0 aliphatic rings. The second-order valence-corrected chi connectivity index (χ2v) is 6.09. The Balaban J connectivity index is 2.21. The number of rotatable bonds is 9. The van der Waals surface area contributed by atoms with Crippen molar-refractivity contribution in [3.05, 3.63) is 66.2 Å². The molecule has 1 N–H and O–H groups in total. The maximum Gasteiger partial charge on any atom is 0.372 e. The largest absolute Gasteiger partial charge is 0.475 e. The van der Waals surface area contributed by atoms with Crippen LogP contribution in [-0.2, 0) is 20.8 Å². The van der Waals surface area contributed by atoms with E-state index in [2.05, 4.69) is 0 Å². The van der Waals surface area contributed by atoms with Crippen LogP contribution in [-0.4, -0.2) is 28.8 Å². The first-order valence-corrected chi connectivity index (χ1v) is 8.70. The molecule has 0 aliphatic carbocycles. The van der Waals surface area contributed by atoms with E-state index >= 15 is 0 Å². The fraction of sp³-hybridized carbons (Fsp3) is 0.286. The van der Waals surface area contributed by atoms with Crippen molar-refractivity contribution in [2.24, 2.45) is 0 Å². The molecule has 0 aliphatic heterocycles. The number of hydrogen-bond acceptors (Lipinski definition) is 3. The summed E-state index contributed by atoms with van der Waals surface area (Å²) in [5.74, 6) is -3.15. The molecular weight excluding hydrogens is 330 g/mol. The highest BCUT2D eigenvalue weighted by atomic mass is 16.4. The molecule has 5 heteroatoms. The lowest BCUT2D eigenvalue weighted by Gasteiger charge is -2.31. The molecule has 2 rings (SSSR count). The van der Waals surface area contributed by atoms with Crippen LogP contribution in [0.2, 0.25) is 0 Å². The van der Waals surface area contributed by atoms with E-state index < -0.39 is 24.1 Å². The van der Waals surface area contributed by atoms with Gasteiger partial charge in [-0.25, -0.2) is 4.79 Å². The Morgan fingerprint density at radius 2 is 1.54 bits per heavy atom. The molecule has 2 aromatic carbocycles. The third-order valence-electron chi connectivity index (χ3n) is 4.30. The molecule has 0 radical (unpaired) electrons. The Bertz CT molecular complexity index is 743. The molecule has 1 atom stereocenters. The number of aryl methyl sites for hydroxylation is 1. The van der Waals surface area contributed by atoms with Gasteiger partial charge in [-0.2, -0.15) is 0 Å². The maximum absolute atomic E-state index is 12.7. The van der Waals surface area contributed by atoms with Crippen LogP contribution in [0.3, 0.4) is 0 Å². The SMILES string of the molecule is CCC(CCc1ccccc1)N(C(=O)CC(=O)C(=O)O)c1ccccc1. The van der Waals surface area contributed by atoms with Crippen LogP contribution in [0.1, 0.15) is 31.7 Å². The highest BCUT2D eigenvalue weighted by molar-refractivity contribution is 6.36. The minimum atomic E-state index is -1.58. The van der Waals surface area contributed by atoms with E-state index in [9.17, 15) is 14.4 Å². The first kappa shape index (κ1) is 19.4. The van der Waals surface area contributed by atoms with Gasteiger partial charge < -0.3 is 10.0 Å². The van der Waals surface area contributed by atoms with Gasteiger partial charge in [-0.1, -0.05) is 55.5 Å². The molecule has 5 nitrogen and oxygen atoms in total. The van der Waals surface area contributed by atoms with Crippen LogP contribution >= 0.6 is 0 Å². The normalized spacial score (nSPS) is 11.6. The van der Waals surface area contributed by atoms with Gasteiger partial charge in [0.15, 0.2) is 0 Å². The molecule has 0 aromatic heterocycles. The van der Waals surface area contributed by atoms with Crippen molar-refractivity contribution in [1.82, 2.24) is 0 Å². The summed E-state index contributed by atoms with van der Waals surface area (Å²) in [6.07, 6.45) is 1.59. The van der Waals surface area contributed by atoms with Gasteiger partial charge in [0.25, 0.3) is 0 Å². The van der Waals surface area contributed by atoms with Crippen molar-refractivity contribution in [3.63, 3.8) is 0 Å². The number of hydrogen-bond donors (Lipinski definition) is 1. The Morgan fingerprint density at radius 3 is 2.08 bits per heavy atom. The maximum atomic E-state index is 12.7. The minimum Gasteiger partial charge on any atom is -0.475 e. The lowest BCUT2D eigenvalue weighted by molar-refractivity contribution is -0.150. The minimum absolute atomic E-state index is 0.119. The standard InChI is InChI=1S/C21H23NO4/c1-2-17(14-13-16-9-5-3-6-10-16)22(18-11-7-4-8-12-18)20(24)15-19(23)21(25)26/h3-12,17H,2,13-15H2,1H3,(H,25,26). The Kier molecular flexibility index (Phi) is 7.09. The first-order chi connectivity index (χ1) is 12.5. The number of Topliss-reactive ketones (excluding diaryl/α,β-unsaturated/α-hetero) is 1. The topological polar surface area (TPSA) is 74.7 Å². The van der Waals surface area contributed by atoms with Gasteiger partial charge in [0.1, 0.15) is 0 Å². The molecule has 0 saturated carbocycles. The van der Waals surface area contributed by atoms with Crippen molar-refractivity contribution in [1.29, 1.82) is 0 Å². The van der Waals surface area contributed by atoms with Crippen molar-refractivity contribution >= 4 is 23.3 Å². The van der Waals surface area contributed by atoms with Crippen LogP contribution in [0.25, 0.3) is 0 Å². The quantitative estimate of drug-likeness (QED) is 0.553. The molecule has 0 fully saturated rings. The van der Waals surface area contributed by atoms with Crippen molar-refractivity contribution < 1.29 is 19.5 Å². The second kappa shape index (κ2) is 9.51. The van der Waals surface area contributed by atoms with Crippen LogP contribution in [0.4, 0.5) is 5.69 Å². The number of para-hydroxylation sites is 1. The Labute approximate surface area is 153 Å². The summed E-state index contributed by atoms with van der Waals surface area (Å²) in [7, 11) is 0. The lowest BCUT2D eigenvalue weighted by Crippen LogP contribution is -2.42. The molecule has 0 spiro atoms. The zero-order valence-electron chi connectivity index (χ0n) is 14.8. The molecule has 0 heterocycles. The fourth-order valence-corrected chi connectivity index (χ4v) is 2.94. The van der Waals surface area contributed by atoms with Gasteiger partial charge in [-0.3, -0.25) is 9.59 Å². The van der Waals surface area contributed by atoms with Gasteiger partial charge in [0.2, 0.25) is 11.7 Å². The summed E-state index contributed by atoms with van der Waals surface area (Å²) in [6, 6.07) is 18.9. The third-order valence-corrected chi connectivity index (χ3v) is 4.30. The van der Waals surface area contributed by atoms with Crippen molar-refractivity contribution in [2.75, 3.05) is 4.90 Å². The van der Waals surface area contributed by atoms with Gasteiger partial charge in [-0.05, 0) is 37.0 Å². The third kappa shape index (κ3) is 5.28. The van der Waals surface area contributed by atoms with Gasteiger partial charge in [0, 0.05) is 11.7 Å². The van der Waals surface area contributed by atoms with E-state index in [1.165, 1.54) is 5.56 Å². The van der Waals surface area contributed by atoms with Gasteiger partial charge in [0.05, 0.1) is 6.42 Å². The monoisotopic (exact) mass is 353 g/mol. The molecular formula is C21H23NO4. The van der Waals surface area contributed by atoms with E-state index in [1.807, 2.05) is 55.5 Å². The zero-order chi connectivity index (χ0) is 18.9. The molecule has 1 unspecified atom stereocenters. The number of nitrogens with zero attached hydrogens (tertiary/aromatic N) is 1. The highest BCUT2D eigenvalue weighted by Crippen LogP contribution is 2.23. The van der Waals surface area contributed by atoms with Crippen LogP contribution < -0.4 is 4.90 Å². The van der Waals surface area contributed by atoms with E-state index in [0.29, 0.717) is 12.1 Å². The Morgan fingerprint density at radius 1 is 0.962 bits per heavy atom. The molecule has 136 valence electrons. The average molecular weight is 353 g/mol. The lowest BCUT2D eigenvalue weighted by atomic mass is 10.0. The van der Waals surface area contributed by atoms with Crippen LogP contribution in [0.5, 0.6) is 0 Å². The summed E-state index contributed by atoms with van der Waals surface area (Å²) < 4.78 is 0. The first-order valence-electron chi connectivity index (χ1n) is 8.70. The summed E-state index contributed by atoms with van der Waals surface area (Å²) in [5, 5.41) is 8.81. The zero-order valence-corrected chi connectivity index (χ0v) is 14.8. The second-order valence-electron chi connectivity index (χ2n) is 6.09. The Hall–Kier alpha value is -2.95. The molecule has 0 bridgehead atoms. The molecule has 2 aromatic rings.